The van der Waals surface area contributed by atoms with Crippen molar-refractivity contribution in [2.24, 2.45) is 0 Å². The summed E-state index contributed by atoms with van der Waals surface area (Å²) in [4.78, 5) is 33.7. The molecule has 2 bridgehead atoms. The maximum absolute atomic E-state index is 13.1. The third kappa shape index (κ3) is 6.13. The minimum atomic E-state index is -4.55. The Morgan fingerprint density at radius 2 is 1.93 bits per heavy atom. The second-order valence-corrected chi connectivity index (χ2v) is 11.0. The van der Waals surface area contributed by atoms with Gasteiger partial charge in [0.25, 0.3) is 5.91 Å². The number of amides is 2. The highest BCUT2D eigenvalue weighted by atomic mass is 19.4. The smallest absolute Gasteiger partial charge is 0.383 e. The van der Waals surface area contributed by atoms with Crippen LogP contribution < -0.4 is 21.7 Å². The first-order chi connectivity index (χ1) is 21.2. The minimum absolute atomic E-state index is 0.0140. The number of carbonyl (C=O) groups excluding carboxylic acids is 2. The van der Waals surface area contributed by atoms with Gasteiger partial charge in [-0.25, -0.2) is 9.97 Å². The van der Waals surface area contributed by atoms with Crippen LogP contribution in [0.4, 0.5) is 24.8 Å². The van der Waals surface area contributed by atoms with Gasteiger partial charge in [0.15, 0.2) is 0 Å². The van der Waals surface area contributed by atoms with Gasteiger partial charge in [-0.15, -0.1) is 0 Å². The number of carbonyl (C=O) groups is 2. The minimum Gasteiger partial charge on any atom is -0.383 e. The van der Waals surface area contributed by atoms with Crippen molar-refractivity contribution in [2.45, 2.75) is 50.4 Å². The van der Waals surface area contributed by atoms with E-state index in [1.807, 2.05) is 16.8 Å². The van der Waals surface area contributed by atoms with Gasteiger partial charge in [0, 0.05) is 35.1 Å². The molecule has 1 fully saturated rings. The summed E-state index contributed by atoms with van der Waals surface area (Å²) < 4.78 is 41.3. The molecule has 13 heteroatoms. The molecular weight excluding hydrogens is 573 g/mol. The van der Waals surface area contributed by atoms with Gasteiger partial charge in [-0.2, -0.15) is 18.3 Å². The van der Waals surface area contributed by atoms with Gasteiger partial charge in [0.1, 0.15) is 17.3 Å². The molecular formula is C31H31F3N8O2. The monoisotopic (exact) mass is 604 g/mol. The van der Waals surface area contributed by atoms with Crippen molar-refractivity contribution in [3.05, 3.63) is 71.6 Å². The topological polar surface area (TPSA) is 140 Å². The number of rotatable bonds is 3. The van der Waals surface area contributed by atoms with Crippen LogP contribution in [0.1, 0.15) is 59.6 Å². The lowest BCUT2D eigenvalue weighted by Crippen LogP contribution is -2.43. The van der Waals surface area contributed by atoms with E-state index in [4.69, 9.17) is 10.8 Å². The molecule has 1 saturated carbocycles. The Hall–Kier alpha value is -4.78. The predicted octanol–water partition coefficient (Wildman–Crippen LogP) is 4.95. The third-order valence-electron chi connectivity index (χ3n) is 7.96. The van der Waals surface area contributed by atoms with Gasteiger partial charge in [-0.1, -0.05) is 24.3 Å². The van der Waals surface area contributed by atoms with Crippen molar-refractivity contribution in [1.29, 1.82) is 0 Å². The highest BCUT2D eigenvalue weighted by molar-refractivity contribution is 6.06. The van der Waals surface area contributed by atoms with Gasteiger partial charge in [0.05, 0.1) is 29.1 Å². The quantitative estimate of drug-likeness (QED) is 0.259. The van der Waals surface area contributed by atoms with Gasteiger partial charge < -0.3 is 21.7 Å². The summed E-state index contributed by atoms with van der Waals surface area (Å²) in [6.45, 7) is 0.918. The van der Waals surface area contributed by atoms with Crippen molar-refractivity contribution >= 4 is 40.4 Å². The van der Waals surface area contributed by atoms with Crippen LogP contribution in [-0.2, 0) is 11.0 Å². The Labute approximate surface area is 250 Å². The van der Waals surface area contributed by atoms with E-state index >= 15 is 0 Å². The zero-order chi connectivity index (χ0) is 30.8. The summed E-state index contributed by atoms with van der Waals surface area (Å²) in [5.74, 6) is -0.509. The van der Waals surface area contributed by atoms with Crippen molar-refractivity contribution in [3.63, 3.8) is 0 Å². The van der Waals surface area contributed by atoms with Gasteiger partial charge in [-0.3, -0.25) is 14.3 Å². The fraction of sp³-hybridized carbons (Fsp3) is 0.323. The number of nitrogen functional groups attached to an aromatic ring is 1. The van der Waals surface area contributed by atoms with E-state index in [0.29, 0.717) is 35.4 Å². The summed E-state index contributed by atoms with van der Waals surface area (Å²) in [6, 6.07) is 8.26. The molecule has 2 aliphatic rings. The van der Waals surface area contributed by atoms with Crippen molar-refractivity contribution in [2.75, 3.05) is 24.1 Å². The zero-order valence-corrected chi connectivity index (χ0v) is 23.7. The van der Waals surface area contributed by atoms with Crippen LogP contribution >= 0.6 is 0 Å². The van der Waals surface area contributed by atoms with E-state index in [1.165, 1.54) is 0 Å². The molecule has 4 aromatic rings. The van der Waals surface area contributed by atoms with Crippen LogP contribution in [0.2, 0.25) is 0 Å². The summed E-state index contributed by atoms with van der Waals surface area (Å²) in [5, 5.41) is 14.5. The lowest BCUT2D eigenvalue weighted by molar-refractivity contribution is -0.137. The van der Waals surface area contributed by atoms with E-state index in [2.05, 4.69) is 25.9 Å². The number of hydrogen-bond acceptors (Lipinski definition) is 7. The highest BCUT2D eigenvalue weighted by Crippen LogP contribution is 2.39. The molecule has 5 N–H and O–H groups in total. The Bertz CT molecular complexity index is 1730. The van der Waals surface area contributed by atoms with Crippen LogP contribution in [0.3, 0.4) is 0 Å². The Morgan fingerprint density at radius 3 is 2.73 bits per heavy atom. The highest BCUT2D eigenvalue weighted by Gasteiger charge is 2.31. The van der Waals surface area contributed by atoms with Crippen molar-refractivity contribution < 1.29 is 22.8 Å². The number of benzene rings is 1. The third-order valence-corrected chi connectivity index (χ3v) is 7.96. The molecule has 1 aliphatic carbocycles. The van der Waals surface area contributed by atoms with Gasteiger partial charge in [-0.05, 0) is 62.9 Å². The molecule has 10 nitrogen and oxygen atoms in total. The molecule has 6 rings (SSSR count). The first-order valence-corrected chi connectivity index (χ1v) is 14.5. The number of alkyl halides is 3. The number of nitrogens with one attached hydrogen (secondary N) is 3. The SMILES string of the molecule is Nc1ncc2c3c1c(-c1ccc(C(=O)Nc4cc(C(F)(F)F)ccn4)cc1)nn3[C@@H]1CCC[C@H](C1)NC(=O)CNCC/C=C/2. The molecule has 1 aliphatic heterocycles. The number of anilines is 2. The van der Waals surface area contributed by atoms with Crippen molar-refractivity contribution in [1.82, 2.24) is 30.4 Å². The van der Waals surface area contributed by atoms with Crippen LogP contribution in [0, 0.1) is 0 Å². The molecule has 2 atom stereocenters. The zero-order valence-electron chi connectivity index (χ0n) is 23.7. The number of fused-ring (bicyclic) bond motifs is 3. The first kappa shape index (κ1) is 29.3. The number of aromatic nitrogens is 4. The maximum atomic E-state index is 13.1. The fourth-order valence-electron chi connectivity index (χ4n) is 5.84. The molecule has 0 unspecified atom stereocenters. The molecule has 3 aromatic heterocycles. The second kappa shape index (κ2) is 12.1. The largest absolute Gasteiger partial charge is 0.416 e. The average molecular weight is 605 g/mol. The fourth-order valence-corrected chi connectivity index (χ4v) is 5.84. The predicted molar refractivity (Wildman–Crippen MR) is 161 cm³/mol. The van der Waals surface area contributed by atoms with E-state index < -0.39 is 17.6 Å². The standard InChI is InChI=1S/C31H31F3N8O2/c32-31(33,34)21-11-13-37-24(14-21)40-30(44)19-9-7-18(8-10-19)27-26-28-20(16-38-29(26)35)4-1-2-12-36-17-25(43)39-22-5-3-6-23(15-22)42(28)41-27/h1,4,7-11,13-14,16,22-23,36H,2-3,5-6,12,15,17H2,(H2,35,38)(H,39,43)(H,37,40,44)/b4-1+/t22-,23-/m1/s1. The van der Waals surface area contributed by atoms with E-state index in [0.717, 1.165) is 55.1 Å². The Balaban J connectivity index is 1.35. The van der Waals surface area contributed by atoms with Crippen LogP contribution in [0.25, 0.3) is 28.2 Å². The second-order valence-electron chi connectivity index (χ2n) is 11.0. The van der Waals surface area contributed by atoms with Crippen LogP contribution in [0.15, 0.2) is 54.9 Å². The summed E-state index contributed by atoms with van der Waals surface area (Å²) in [6.07, 6.45) is 6.35. The Morgan fingerprint density at radius 1 is 1.11 bits per heavy atom. The number of nitrogens with two attached hydrogens (primary N) is 1. The summed E-state index contributed by atoms with van der Waals surface area (Å²) >= 11 is 0. The average Bonchev–Trinajstić information content (AvgIpc) is 3.41. The van der Waals surface area contributed by atoms with E-state index in [1.54, 1.807) is 30.5 Å². The number of nitrogens with zero attached hydrogens (tertiary/aromatic N) is 4. The lowest BCUT2D eigenvalue weighted by Gasteiger charge is -2.30. The first-order valence-electron chi connectivity index (χ1n) is 14.5. The van der Waals surface area contributed by atoms with Crippen LogP contribution in [-0.4, -0.2) is 50.7 Å². The van der Waals surface area contributed by atoms with Gasteiger partial charge >= 0.3 is 6.18 Å². The summed E-state index contributed by atoms with van der Waals surface area (Å²) in [7, 11) is 0. The van der Waals surface area contributed by atoms with E-state index in [9.17, 15) is 22.8 Å². The number of hydrogen-bond donors (Lipinski definition) is 4. The molecule has 44 heavy (non-hydrogen) atoms. The van der Waals surface area contributed by atoms with E-state index in [-0.39, 0.29) is 35.9 Å². The molecule has 228 valence electrons. The molecule has 0 spiro atoms. The normalized spacial score (nSPS) is 20.0. The molecule has 2 amide bonds. The number of halogens is 3. The van der Waals surface area contributed by atoms with Gasteiger partial charge in [0.2, 0.25) is 5.91 Å². The lowest BCUT2D eigenvalue weighted by atomic mass is 9.90. The van der Waals surface area contributed by atoms with Crippen LogP contribution in [0.5, 0.6) is 0 Å². The molecule has 0 saturated heterocycles. The van der Waals surface area contributed by atoms with Crippen molar-refractivity contribution in [3.8, 4) is 11.3 Å². The Kier molecular flexibility index (Phi) is 8.04. The molecule has 0 radical (unpaired) electrons. The summed E-state index contributed by atoms with van der Waals surface area (Å²) in [5.41, 5.74) is 8.81. The molecule has 1 aromatic carbocycles. The number of pyridine rings is 2. The molecule has 4 heterocycles. The maximum Gasteiger partial charge on any atom is 0.416 e.